The molecule has 27 heavy (non-hydrogen) atoms. The van der Waals surface area contributed by atoms with Crippen LogP contribution in [0.3, 0.4) is 0 Å². The highest BCUT2D eigenvalue weighted by molar-refractivity contribution is 6.04. The molecule has 0 atom stereocenters. The maximum Gasteiger partial charge on any atom is 0.257 e. The van der Waals surface area contributed by atoms with Crippen molar-refractivity contribution in [1.29, 1.82) is 0 Å². The maximum atomic E-state index is 13.7. The van der Waals surface area contributed by atoms with Gasteiger partial charge < -0.3 is 15.4 Å². The van der Waals surface area contributed by atoms with E-state index in [2.05, 4.69) is 15.6 Å². The Bertz CT molecular complexity index is 926. The molecule has 0 spiro atoms. The van der Waals surface area contributed by atoms with Crippen LogP contribution in [0.15, 0.2) is 60.8 Å². The lowest BCUT2D eigenvalue weighted by molar-refractivity contribution is 0.102. The summed E-state index contributed by atoms with van der Waals surface area (Å²) in [4.78, 5) is 16.4. The highest BCUT2D eigenvalue weighted by Gasteiger charge is 2.12. The number of halogens is 2. The molecule has 0 fully saturated rings. The van der Waals surface area contributed by atoms with E-state index in [1.54, 1.807) is 18.2 Å². The van der Waals surface area contributed by atoms with Crippen molar-refractivity contribution in [2.45, 2.75) is 6.92 Å². The molecule has 3 aromatic rings. The molecule has 1 heterocycles. The largest absolute Gasteiger partial charge is 0.492 e. The molecule has 0 bridgehead atoms. The number of nitrogens with one attached hydrogen (secondary N) is 2. The summed E-state index contributed by atoms with van der Waals surface area (Å²) in [5.41, 5.74) is 0.536. The van der Waals surface area contributed by atoms with Crippen molar-refractivity contribution >= 4 is 23.1 Å². The standard InChI is InChI=1S/C20H17F2N3O2/c1-2-27-17-9-4-3-8-16(17)24-20(26)13-10-11-18(23-12-13)25-19-14(21)6-5-7-15(19)22/h3-12H,2H2,1H3,(H,23,25)(H,24,26). The van der Waals surface area contributed by atoms with E-state index >= 15 is 0 Å². The lowest BCUT2D eigenvalue weighted by Gasteiger charge is -2.11. The Hall–Kier alpha value is -3.48. The van der Waals surface area contributed by atoms with Crippen LogP contribution < -0.4 is 15.4 Å². The Morgan fingerprint density at radius 3 is 2.44 bits per heavy atom. The van der Waals surface area contributed by atoms with Crippen molar-refractivity contribution in [3.8, 4) is 5.75 Å². The van der Waals surface area contributed by atoms with Gasteiger partial charge in [-0.2, -0.15) is 0 Å². The summed E-state index contributed by atoms with van der Waals surface area (Å²) in [6.45, 7) is 2.33. The van der Waals surface area contributed by atoms with E-state index < -0.39 is 11.6 Å². The van der Waals surface area contributed by atoms with E-state index in [4.69, 9.17) is 4.74 Å². The molecule has 0 saturated heterocycles. The molecule has 0 aliphatic rings. The zero-order valence-electron chi connectivity index (χ0n) is 14.5. The Morgan fingerprint density at radius 2 is 1.78 bits per heavy atom. The van der Waals surface area contributed by atoms with Crippen LogP contribution in [0.1, 0.15) is 17.3 Å². The average Bonchev–Trinajstić information content (AvgIpc) is 2.67. The van der Waals surface area contributed by atoms with Gasteiger partial charge in [-0.1, -0.05) is 18.2 Å². The van der Waals surface area contributed by atoms with Gasteiger partial charge in [0.15, 0.2) is 0 Å². The minimum Gasteiger partial charge on any atom is -0.492 e. The van der Waals surface area contributed by atoms with Crippen molar-refractivity contribution < 1.29 is 18.3 Å². The quantitative estimate of drug-likeness (QED) is 0.658. The van der Waals surface area contributed by atoms with Crippen LogP contribution in [0.4, 0.5) is 26.0 Å². The number of rotatable bonds is 6. The van der Waals surface area contributed by atoms with Crippen molar-refractivity contribution in [2.24, 2.45) is 0 Å². The van der Waals surface area contributed by atoms with Crippen molar-refractivity contribution in [3.05, 3.63) is 78.0 Å². The summed E-state index contributed by atoms with van der Waals surface area (Å²) in [6.07, 6.45) is 1.32. The Labute approximate surface area is 155 Å². The second kappa shape index (κ2) is 8.27. The van der Waals surface area contributed by atoms with Crippen LogP contribution in [0.5, 0.6) is 5.75 Å². The van der Waals surface area contributed by atoms with Crippen molar-refractivity contribution in [1.82, 2.24) is 4.98 Å². The lowest BCUT2D eigenvalue weighted by atomic mass is 10.2. The van der Waals surface area contributed by atoms with Gasteiger partial charge in [0.1, 0.15) is 28.9 Å². The normalized spacial score (nSPS) is 10.3. The third kappa shape index (κ3) is 4.38. The van der Waals surface area contributed by atoms with E-state index in [-0.39, 0.29) is 17.4 Å². The molecule has 1 aromatic heterocycles. The molecule has 5 nitrogen and oxygen atoms in total. The molecular formula is C20H17F2N3O2. The molecule has 0 radical (unpaired) electrons. The first-order chi connectivity index (χ1) is 13.1. The van der Waals surface area contributed by atoms with Crippen LogP contribution >= 0.6 is 0 Å². The first-order valence-electron chi connectivity index (χ1n) is 8.28. The summed E-state index contributed by atoms with van der Waals surface area (Å²) in [7, 11) is 0. The van der Waals surface area contributed by atoms with Gasteiger partial charge in [-0.05, 0) is 43.3 Å². The van der Waals surface area contributed by atoms with Crippen LogP contribution in [-0.4, -0.2) is 17.5 Å². The molecule has 0 unspecified atom stereocenters. The fourth-order valence-electron chi connectivity index (χ4n) is 2.39. The number of pyridine rings is 1. The van der Waals surface area contributed by atoms with E-state index in [0.29, 0.717) is 23.6 Å². The molecule has 1 amide bonds. The predicted octanol–water partition coefficient (Wildman–Crippen LogP) is 4.75. The molecule has 7 heteroatoms. The van der Waals surface area contributed by atoms with Gasteiger partial charge in [0, 0.05) is 6.20 Å². The average molecular weight is 369 g/mol. The number of carbonyl (C=O) groups is 1. The number of amides is 1. The Morgan fingerprint density at radius 1 is 1.04 bits per heavy atom. The molecule has 0 saturated carbocycles. The van der Waals surface area contributed by atoms with Crippen LogP contribution in [0, 0.1) is 11.6 Å². The van der Waals surface area contributed by atoms with Gasteiger partial charge >= 0.3 is 0 Å². The van der Waals surface area contributed by atoms with Crippen molar-refractivity contribution in [3.63, 3.8) is 0 Å². The first-order valence-corrected chi connectivity index (χ1v) is 8.28. The molecule has 0 aliphatic carbocycles. The lowest BCUT2D eigenvalue weighted by Crippen LogP contribution is -2.13. The van der Waals surface area contributed by atoms with Crippen LogP contribution in [-0.2, 0) is 0 Å². The zero-order chi connectivity index (χ0) is 19.2. The summed E-state index contributed by atoms with van der Waals surface area (Å²) in [5.74, 6) is -1.06. The molecule has 2 N–H and O–H groups in total. The maximum absolute atomic E-state index is 13.7. The minimum atomic E-state index is -0.730. The van der Waals surface area contributed by atoms with E-state index in [0.717, 1.165) is 12.1 Å². The fourth-order valence-corrected chi connectivity index (χ4v) is 2.39. The summed E-state index contributed by atoms with van der Waals surface area (Å²) in [6, 6.07) is 13.6. The second-order valence-electron chi connectivity index (χ2n) is 5.54. The number of nitrogens with zero attached hydrogens (tertiary/aromatic N) is 1. The van der Waals surface area contributed by atoms with Gasteiger partial charge in [0.05, 0.1) is 17.9 Å². The topological polar surface area (TPSA) is 63.2 Å². The Balaban J connectivity index is 1.73. The SMILES string of the molecule is CCOc1ccccc1NC(=O)c1ccc(Nc2c(F)cccc2F)nc1. The summed E-state index contributed by atoms with van der Waals surface area (Å²) in [5, 5.41) is 5.32. The van der Waals surface area contributed by atoms with Crippen molar-refractivity contribution in [2.75, 3.05) is 17.2 Å². The fraction of sp³-hybridized carbons (Fsp3) is 0.100. The van der Waals surface area contributed by atoms with E-state index in [1.807, 2.05) is 13.0 Å². The molecule has 138 valence electrons. The molecule has 3 rings (SSSR count). The number of anilines is 3. The minimum absolute atomic E-state index is 0.213. The van der Waals surface area contributed by atoms with E-state index in [1.165, 1.54) is 24.4 Å². The molecule has 2 aromatic carbocycles. The summed E-state index contributed by atoms with van der Waals surface area (Å²) >= 11 is 0. The number of carbonyl (C=O) groups excluding carboxylic acids is 1. The number of hydrogen-bond donors (Lipinski definition) is 2. The van der Waals surface area contributed by atoms with Gasteiger partial charge in [-0.15, -0.1) is 0 Å². The number of para-hydroxylation sites is 3. The smallest absolute Gasteiger partial charge is 0.257 e. The first kappa shape index (κ1) is 18.3. The number of ether oxygens (including phenoxy) is 1. The van der Waals surface area contributed by atoms with Crippen LogP contribution in [0.25, 0.3) is 0 Å². The number of hydrogen-bond acceptors (Lipinski definition) is 4. The van der Waals surface area contributed by atoms with Gasteiger partial charge in [-0.3, -0.25) is 4.79 Å². The summed E-state index contributed by atoms with van der Waals surface area (Å²) < 4.78 is 32.8. The molecule has 0 aliphatic heterocycles. The van der Waals surface area contributed by atoms with Crippen LogP contribution in [0.2, 0.25) is 0 Å². The third-order valence-corrected chi connectivity index (χ3v) is 3.68. The highest BCUT2D eigenvalue weighted by atomic mass is 19.1. The van der Waals surface area contributed by atoms with Gasteiger partial charge in [0.2, 0.25) is 0 Å². The van der Waals surface area contributed by atoms with Gasteiger partial charge in [-0.25, -0.2) is 13.8 Å². The number of aromatic nitrogens is 1. The molecular weight excluding hydrogens is 352 g/mol. The second-order valence-corrected chi connectivity index (χ2v) is 5.54. The van der Waals surface area contributed by atoms with Gasteiger partial charge in [0.25, 0.3) is 5.91 Å². The van der Waals surface area contributed by atoms with E-state index in [9.17, 15) is 13.6 Å². The zero-order valence-corrected chi connectivity index (χ0v) is 14.5. The number of benzene rings is 2. The third-order valence-electron chi connectivity index (χ3n) is 3.68. The highest BCUT2D eigenvalue weighted by Crippen LogP contribution is 2.25. The predicted molar refractivity (Wildman–Crippen MR) is 99.4 cm³/mol. The monoisotopic (exact) mass is 369 g/mol. The Kier molecular flexibility index (Phi) is 5.61.